The van der Waals surface area contributed by atoms with Gasteiger partial charge in [-0.2, -0.15) is 0 Å². The van der Waals surface area contributed by atoms with Crippen molar-refractivity contribution in [2.45, 2.75) is 59.4 Å². The standard InChI is InChI=1S/C12H24O3/c1-11(2,3)10-9(14)12(4,5)6-8(7-13)15-10/h8-10,13-14H,6-7H2,1-5H3/t8-,9-,10+/m0/s1. The van der Waals surface area contributed by atoms with Gasteiger partial charge in [0.05, 0.1) is 24.9 Å². The predicted octanol–water partition coefficient (Wildman–Crippen LogP) is 1.57. The topological polar surface area (TPSA) is 49.7 Å². The molecule has 1 saturated heterocycles. The zero-order valence-electron chi connectivity index (χ0n) is 10.4. The van der Waals surface area contributed by atoms with Crippen molar-refractivity contribution < 1.29 is 14.9 Å². The quantitative estimate of drug-likeness (QED) is 0.699. The fraction of sp³-hybridized carbons (Fsp3) is 1.00. The maximum atomic E-state index is 10.2. The number of hydrogen-bond donors (Lipinski definition) is 2. The fourth-order valence-electron chi connectivity index (χ4n) is 2.23. The second-order valence-corrected chi connectivity index (χ2v) is 6.36. The van der Waals surface area contributed by atoms with E-state index in [9.17, 15) is 10.2 Å². The fourth-order valence-corrected chi connectivity index (χ4v) is 2.23. The molecule has 0 amide bonds. The highest BCUT2D eigenvalue weighted by atomic mass is 16.5. The maximum Gasteiger partial charge on any atom is 0.0892 e. The minimum absolute atomic E-state index is 0.0305. The molecule has 1 aliphatic rings. The molecule has 0 spiro atoms. The second-order valence-electron chi connectivity index (χ2n) is 6.36. The maximum absolute atomic E-state index is 10.2. The molecule has 0 saturated carbocycles. The molecular formula is C12H24O3. The highest BCUT2D eigenvalue weighted by Crippen LogP contribution is 2.41. The summed E-state index contributed by atoms with van der Waals surface area (Å²) < 4.78 is 5.75. The molecule has 90 valence electrons. The SMILES string of the molecule is CC(C)(C)[C@@H]1O[C@H](CO)CC(C)(C)[C@H]1O. The lowest BCUT2D eigenvalue weighted by atomic mass is 9.70. The first kappa shape index (κ1) is 12.9. The van der Waals surface area contributed by atoms with Crippen molar-refractivity contribution in [2.75, 3.05) is 6.61 Å². The first-order chi connectivity index (χ1) is 6.68. The van der Waals surface area contributed by atoms with Gasteiger partial charge < -0.3 is 14.9 Å². The molecule has 1 fully saturated rings. The van der Waals surface area contributed by atoms with E-state index in [1.54, 1.807) is 0 Å². The Kier molecular flexibility index (Phi) is 3.49. The summed E-state index contributed by atoms with van der Waals surface area (Å²) in [5.74, 6) is 0. The lowest BCUT2D eigenvalue weighted by Gasteiger charge is -2.48. The summed E-state index contributed by atoms with van der Waals surface area (Å²) in [7, 11) is 0. The van der Waals surface area contributed by atoms with Gasteiger partial charge in [0.2, 0.25) is 0 Å². The van der Waals surface area contributed by atoms with Gasteiger partial charge in [-0.15, -0.1) is 0 Å². The van der Waals surface area contributed by atoms with Crippen LogP contribution in [-0.4, -0.2) is 35.1 Å². The molecular weight excluding hydrogens is 192 g/mol. The van der Waals surface area contributed by atoms with E-state index >= 15 is 0 Å². The first-order valence-electron chi connectivity index (χ1n) is 5.63. The molecule has 0 aromatic rings. The summed E-state index contributed by atoms with van der Waals surface area (Å²) in [5, 5.41) is 19.4. The van der Waals surface area contributed by atoms with E-state index in [1.165, 1.54) is 0 Å². The normalized spacial score (nSPS) is 36.6. The Balaban J connectivity index is 2.87. The van der Waals surface area contributed by atoms with Crippen molar-refractivity contribution >= 4 is 0 Å². The van der Waals surface area contributed by atoms with E-state index < -0.39 is 6.10 Å². The van der Waals surface area contributed by atoms with Crippen molar-refractivity contribution in [3.8, 4) is 0 Å². The number of aliphatic hydroxyl groups is 2. The summed E-state index contributed by atoms with van der Waals surface area (Å²) in [6, 6.07) is 0. The Morgan fingerprint density at radius 2 is 1.87 bits per heavy atom. The molecule has 3 heteroatoms. The minimum Gasteiger partial charge on any atom is -0.394 e. The third-order valence-electron chi connectivity index (χ3n) is 3.24. The number of hydrogen-bond acceptors (Lipinski definition) is 3. The number of aliphatic hydroxyl groups excluding tert-OH is 2. The Bertz CT molecular complexity index is 217. The molecule has 0 bridgehead atoms. The molecule has 0 unspecified atom stereocenters. The van der Waals surface area contributed by atoms with Gasteiger partial charge in [-0.1, -0.05) is 34.6 Å². The van der Waals surface area contributed by atoms with Crippen LogP contribution in [0.2, 0.25) is 0 Å². The molecule has 0 aromatic heterocycles. The Morgan fingerprint density at radius 1 is 1.33 bits per heavy atom. The molecule has 0 aromatic carbocycles. The molecule has 3 nitrogen and oxygen atoms in total. The van der Waals surface area contributed by atoms with Crippen LogP contribution in [0.15, 0.2) is 0 Å². The smallest absolute Gasteiger partial charge is 0.0892 e. The van der Waals surface area contributed by atoms with Crippen LogP contribution in [0.25, 0.3) is 0 Å². The average molecular weight is 216 g/mol. The van der Waals surface area contributed by atoms with Crippen molar-refractivity contribution in [1.29, 1.82) is 0 Å². The highest BCUT2D eigenvalue weighted by Gasteiger charge is 2.47. The average Bonchev–Trinajstić information content (AvgIpc) is 2.07. The van der Waals surface area contributed by atoms with Gasteiger partial charge in [-0.05, 0) is 17.3 Å². The summed E-state index contributed by atoms with van der Waals surface area (Å²) in [5.41, 5.74) is -0.297. The zero-order chi connectivity index (χ0) is 11.9. The largest absolute Gasteiger partial charge is 0.394 e. The van der Waals surface area contributed by atoms with E-state index in [1.807, 2.05) is 13.8 Å². The van der Waals surface area contributed by atoms with E-state index in [0.29, 0.717) is 6.42 Å². The van der Waals surface area contributed by atoms with Crippen LogP contribution in [0.5, 0.6) is 0 Å². The van der Waals surface area contributed by atoms with Gasteiger partial charge in [-0.25, -0.2) is 0 Å². The molecule has 3 atom stereocenters. The van der Waals surface area contributed by atoms with Gasteiger partial charge in [-0.3, -0.25) is 0 Å². The first-order valence-corrected chi connectivity index (χ1v) is 5.63. The lowest BCUT2D eigenvalue weighted by Crippen LogP contribution is -2.55. The summed E-state index contributed by atoms with van der Waals surface area (Å²) >= 11 is 0. The Labute approximate surface area is 92.4 Å². The van der Waals surface area contributed by atoms with Crippen LogP contribution >= 0.6 is 0 Å². The van der Waals surface area contributed by atoms with Crippen LogP contribution in [0.4, 0.5) is 0 Å². The van der Waals surface area contributed by atoms with E-state index in [4.69, 9.17) is 4.74 Å². The molecule has 15 heavy (non-hydrogen) atoms. The third-order valence-corrected chi connectivity index (χ3v) is 3.24. The van der Waals surface area contributed by atoms with E-state index in [-0.39, 0.29) is 29.6 Å². The third kappa shape index (κ3) is 2.71. The van der Waals surface area contributed by atoms with Crippen molar-refractivity contribution in [1.82, 2.24) is 0 Å². The molecule has 1 rings (SSSR count). The van der Waals surface area contributed by atoms with Gasteiger partial charge in [0.15, 0.2) is 0 Å². The minimum atomic E-state index is -0.472. The molecule has 2 N–H and O–H groups in total. The van der Waals surface area contributed by atoms with E-state index in [2.05, 4.69) is 20.8 Å². The zero-order valence-corrected chi connectivity index (χ0v) is 10.4. The summed E-state index contributed by atoms with van der Waals surface area (Å²) in [6.45, 7) is 10.2. The molecule has 0 radical (unpaired) electrons. The Hall–Kier alpha value is -0.120. The van der Waals surface area contributed by atoms with Crippen molar-refractivity contribution in [3.05, 3.63) is 0 Å². The highest BCUT2D eigenvalue weighted by molar-refractivity contribution is 4.95. The summed E-state index contributed by atoms with van der Waals surface area (Å²) in [4.78, 5) is 0. The predicted molar refractivity (Wildman–Crippen MR) is 59.6 cm³/mol. The van der Waals surface area contributed by atoms with E-state index in [0.717, 1.165) is 0 Å². The molecule has 0 aliphatic carbocycles. The molecule has 1 aliphatic heterocycles. The second kappa shape index (κ2) is 4.04. The van der Waals surface area contributed by atoms with Gasteiger partial charge in [0, 0.05) is 0 Å². The van der Waals surface area contributed by atoms with Gasteiger partial charge in [0.25, 0.3) is 0 Å². The van der Waals surface area contributed by atoms with Crippen LogP contribution < -0.4 is 0 Å². The van der Waals surface area contributed by atoms with Crippen LogP contribution in [0.1, 0.15) is 41.0 Å². The number of rotatable bonds is 1. The van der Waals surface area contributed by atoms with Crippen LogP contribution in [0.3, 0.4) is 0 Å². The number of ether oxygens (including phenoxy) is 1. The van der Waals surface area contributed by atoms with Crippen LogP contribution in [-0.2, 0) is 4.74 Å². The van der Waals surface area contributed by atoms with Gasteiger partial charge in [0.1, 0.15) is 0 Å². The van der Waals surface area contributed by atoms with Crippen molar-refractivity contribution in [3.63, 3.8) is 0 Å². The lowest BCUT2D eigenvalue weighted by molar-refractivity contribution is -0.211. The van der Waals surface area contributed by atoms with Crippen LogP contribution in [0, 0.1) is 10.8 Å². The molecule has 1 heterocycles. The van der Waals surface area contributed by atoms with Crippen molar-refractivity contribution in [2.24, 2.45) is 10.8 Å². The van der Waals surface area contributed by atoms with Gasteiger partial charge >= 0.3 is 0 Å². The Morgan fingerprint density at radius 3 is 2.27 bits per heavy atom. The summed E-state index contributed by atoms with van der Waals surface area (Å²) in [6.07, 6.45) is -0.122. The monoisotopic (exact) mass is 216 g/mol.